The minimum Gasteiger partial charge on any atom is -0.497 e. The van der Waals surface area contributed by atoms with Crippen LogP contribution in [0.15, 0.2) is 35.4 Å². The summed E-state index contributed by atoms with van der Waals surface area (Å²) in [4.78, 5) is 36.2. The van der Waals surface area contributed by atoms with E-state index in [0.717, 1.165) is 51.6 Å². The summed E-state index contributed by atoms with van der Waals surface area (Å²) in [6, 6.07) is 7.71. The lowest BCUT2D eigenvalue weighted by Crippen LogP contribution is -2.49. The van der Waals surface area contributed by atoms with E-state index >= 15 is 0 Å². The largest absolute Gasteiger partial charge is 0.497 e. The minimum absolute atomic E-state index is 0.166. The first-order valence-corrected chi connectivity index (χ1v) is 11.8. The van der Waals surface area contributed by atoms with Crippen molar-refractivity contribution >= 4 is 33.1 Å². The molecule has 33 heavy (non-hydrogen) atoms. The predicted octanol–water partition coefficient (Wildman–Crippen LogP) is 2.14. The van der Waals surface area contributed by atoms with Crippen molar-refractivity contribution in [2.75, 3.05) is 33.3 Å². The molecule has 0 radical (unpaired) electrons. The SMILES string of the molecule is CCN1CCN(Cc2sc3c(c2C)c2ncnn2c(=O)n3Cc2ccc(OC)cc2)CC1=O. The smallest absolute Gasteiger partial charge is 0.352 e. The van der Waals surface area contributed by atoms with Gasteiger partial charge in [-0.15, -0.1) is 11.3 Å². The molecule has 1 amide bonds. The summed E-state index contributed by atoms with van der Waals surface area (Å²) in [7, 11) is 1.63. The second-order valence-electron chi connectivity index (χ2n) is 8.23. The molecule has 5 rings (SSSR count). The zero-order valence-corrected chi connectivity index (χ0v) is 19.8. The highest BCUT2D eigenvalue weighted by molar-refractivity contribution is 7.19. The number of benzene rings is 1. The maximum absolute atomic E-state index is 13.3. The molecule has 3 aromatic heterocycles. The highest BCUT2D eigenvalue weighted by atomic mass is 32.1. The van der Waals surface area contributed by atoms with Gasteiger partial charge in [0.15, 0.2) is 5.65 Å². The molecule has 9 nitrogen and oxygen atoms in total. The molecule has 1 fully saturated rings. The highest BCUT2D eigenvalue weighted by Crippen LogP contribution is 2.33. The van der Waals surface area contributed by atoms with E-state index in [1.54, 1.807) is 23.0 Å². The number of hydrogen-bond donors (Lipinski definition) is 0. The first-order chi connectivity index (χ1) is 16.0. The molecule has 4 heterocycles. The van der Waals surface area contributed by atoms with Crippen LogP contribution in [-0.4, -0.2) is 68.2 Å². The van der Waals surface area contributed by atoms with Crippen LogP contribution in [0.25, 0.3) is 15.9 Å². The van der Waals surface area contributed by atoms with Crippen LogP contribution in [0, 0.1) is 6.92 Å². The molecule has 0 spiro atoms. The van der Waals surface area contributed by atoms with E-state index in [1.807, 2.05) is 36.1 Å². The Hall–Kier alpha value is -3.24. The van der Waals surface area contributed by atoms with Crippen molar-refractivity contribution < 1.29 is 9.53 Å². The molecular weight excluding hydrogens is 440 g/mol. The Morgan fingerprint density at radius 1 is 1.12 bits per heavy atom. The van der Waals surface area contributed by atoms with E-state index in [2.05, 4.69) is 21.9 Å². The fraction of sp³-hybridized carbons (Fsp3) is 0.391. The molecule has 1 saturated heterocycles. The maximum atomic E-state index is 13.3. The molecule has 0 unspecified atom stereocenters. The van der Waals surface area contributed by atoms with Crippen molar-refractivity contribution in [2.45, 2.75) is 26.9 Å². The number of carbonyl (C=O) groups is 1. The number of nitrogens with zero attached hydrogens (tertiary/aromatic N) is 6. The van der Waals surface area contributed by atoms with E-state index < -0.39 is 0 Å². The van der Waals surface area contributed by atoms with Gasteiger partial charge in [0, 0.05) is 31.1 Å². The van der Waals surface area contributed by atoms with E-state index in [4.69, 9.17) is 4.74 Å². The number of aromatic nitrogens is 4. The van der Waals surface area contributed by atoms with Gasteiger partial charge in [-0.2, -0.15) is 9.61 Å². The van der Waals surface area contributed by atoms with Crippen LogP contribution in [0.1, 0.15) is 22.9 Å². The van der Waals surface area contributed by atoms with Gasteiger partial charge in [-0.1, -0.05) is 12.1 Å². The Labute approximate surface area is 194 Å². The lowest BCUT2D eigenvalue weighted by atomic mass is 10.2. The van der Waals surface area contributed by atoms with Gasteiger partial charge in [-0.3, -0.25) is 14.3 Å². The Morgan fingerprint density at radius 3 is 2.61 bits per heavy atom. The molecule has 4 aromatic rings. The topological polar surface area (TPSA) is 85.0 Å². The third-order valence-electron chi connectivity index (χ3n) is 6.30. The van der Waals surface area contributed by atoms with Crippen molar-refractivity contribution in [3.63, 3.8) is 0 Å². The maximum Gasteiger partial charge on any atom is 0.352 e. The summed E-state index contributed by atoms with van der Waals surface area (Å²) in [5, 5.41) is 5.13. The van der Waals surface area contributed by atoms with Gasteiger partial charge in [-0.25, -0.2) is 9.78 Å². The molecule has 10 heteroatoms. The van der Waals surface area contributed by atoms with E-state index in [0.29, 0.717) is 25.3 Å². The summed E-state index contributed by atoms with van der Waals surface area (Å²) < 4.78 is 8.39. The molecule has 0 aliphatic carbocycles. The zero-order valence-electron chi connectivity index (χ0n) is 18.9. The van der Waals surface area contributed by atoms with Gasteiger partial charge in [0.1, 0.15) is 16.9 Å². The molecule has 1 aliphatic heterocycles. The average Bonchev–Trinajstić information content (AvgIpc) is 3.42. The number of ether oxygens (including phenoxy) is 1. The number of hydrogen-bond acceptors (Lipinski definition) is 7. The quantitative estimate of drug-likeness (QED) is 0.433. The van der Waals surface area contributed by atoms with Crippen LogP contribution in [0.3, 0.4) is 0 Å². The van der Waals surface area contributed by atoms with Crippen LogP contribution >= 0.6 is 11.3 Å². The lowest BCUT2D eigenvalue weighted by molar-refractivity contribution is -0.135. The van der Waals surface area contributed by atoms with E-state index in [1.165, 1.54) is 10.8 Å². The average molecular weight is 467 g/mol. The number of methoxy groups -OCH3 is 1. The number of fused-ring (bicyclic) bond motifs is 3. The highest BCUT2D eigenvalue weighted by Gasteiger charge is 2.25. The Morgan fingerprint density at radius 2 is 1.91 bits per heavy atom. The fourth-order valence-corrected chi connectivity index (χ4v) is 5.72. The van der Waals surface area contributed by atoms with Crippen molar-refractivity contribution in [3.8, 4) is 5.75 Å². The van der Waals surface area contributed by atoms with Crippen LogP contribution in [-0.2, 0) is 17.9 Å². The van der Waals surface area contributed by atoms with Crippen molar-refractivity contribution in [2.24, 2.45) is 0 Å². The standard InChI is InChI=1S/C23H26N6O3S/c1-4-27-10-9-26(13-19(27)30)12-18-15(2)20-21-24-14-25-29(21)23(31)28(22(20)33-18)11-16-5-7-17(32-3)8-6-16/h5-8,14H,4,9-13H2,1-3H3. The summed E-state index contributed by atoms with van der Waals surface area (Å²) in [5.74, 6) is 0.939. The van der Waals surface area contributed by atoms with Crippen molar-refractivity contribution in [3.05, 3.63) is 57.1 Å². The number of piperazine rings is 1. The summed E-state index contributed by atoms with van der Waals surface area (Å²) in [6.07, 6.45) is 1.42. The molecule has 0 atom stereocenters. The lowest BCUT2D eigenvalue weighted by Gasteiger charge is -2.33. The van der Waals surface area contributed by atoms with Crippen molar-refractivity contribution in [1.29, 1.82) is 0 Å². The number of thiophene rings is 1. The Bertz CT molecular complexity index is 1390. The van der Waals surface area contributed by atoms with Crippen LogP contribution < -0.4 is 10.4 Å². The number of aryl methyl sites for hydroxylation is 1. The molecule has 0 bridgehead atoms. The third kappa shape index (κ3) is 3.79. The molecule has 0 N–H and O–H groups in total. The summed E-state index contributed by atoms with van der Waals surface area (Å²) in [5.41, 5.74) is 2.44. The number of likely N-dealkylation sites (N-methyl/N-ethyl adjacent to an activating group) is 1. The Balaban J connectivity index is 1.56. The monoisotopic (exact) mass is 466 g/mol. The fourth-order valence-electron chi connectivity index (χ4n) is 4.38. The van der Waals surface area contributed by atoms with Crippen molar-refractivity contribution in [1.82, 2.24) is 29.0 Å². The van der Waals surface area contributed by atoms with Gasteiger partial charge < -0.3 is 9.64 Å². The van der Waals surface area contributed by atoms with Gasteiger partial charge in [0.25, 0.3) is 0 Å². The predicted molar refractivity (Wildman–Crippen MR) is 127 cm³/mol. The van der Waals surface area contributed by atoms with Gasteiger partial charge in [-0.05, 0) is 37.1 Å². The summed E-state index contributed by atoms with van der Waals surface area (Å²) in [6.45, 7) is 7.91. The third-order valence-corrected chi connectivity index (χ3v) is 7.60. The molecular formula is C23H26N6O3S. The first kappa shape index (κ1) is 21.6. The minimum atomic E-state index is -0.217. The molecule has 1 aromatic carbocycles. The van der Waals surface area contributed by atoms with Gasteiger partial charge in [0.05, 0.1) is 25.6 Å². The number of amides is 1. The second-order valence-corrected chi connectivity index (χ2v) is 9.31. The molecule has 1 aliphatic rings. The van der Waals surface area contributed by atoms with Gasteiger partial charge >= 0.3 is 5.69 Å². The number of carbonyl (C=O) groups excluding carboxylic acids is 1. The van der Waals surface area contributed by atoms with Crippen LogP contribution in [0.4, 0.5) is 0 Å². The Kier molecular flexibility index (Phi) is 5.63. The normalized spacial score (nSPS) is 15.1. The van der Waals surface area contributed by atoms with Crippen LogP contribution in [0.2, 0.25) is 0 Å². The molecule has 172 valence electrons. The van der Waals surface area contributed by atoms with E-state index in [9.17, 15) is 9.59 Å². The number of rotatable bonds is 6. The molecule has 0 saturated carbocycles. The zero-order chi connectivity index (χ0) is 23.1. The summed E-state index contributed by atoms with van der Waals surface area (Å²) >= 11 is 1.60. The van der Waals surface area contributed by atoms with Crippen LogP contribution in [0.5, 0.6) is 5.75 Å². The van der Waals surface area contributed by atoms with Gasteiger partial charge in [0.2, 0.25) is 5.91 Å². The first-order valence-electron chi connectivity index (χ1n) is 11.0. The van der Waals surface area contributed by atoms with E-state index in [-0.39, 0.29) is 11.6 Å². The second kappa shape index (κ2) is 8.60.